The van der Waals surface area contributed by atoms with E-state index in [1.807, 2.05) is 26.8 Å². The average Bonchev–Trinajstić information content (AvgIpc) is 2.04. The lowest BCUT2D eigenvalue weighted by Gasteiger charge is -2.02. The lowest BCUT2D eigenvalue weighted by molar-refractivity contribution is 1.45. The number of rotatable bonds is 0. The third kappa shape index (κ3) is 3.03. The van der Waals surface area contributed by atoms with Crippen LogP contribution in [0.5, 0.6) is 0 Å². The molecule has 1 aromatic rings. The van der Waals surface area contributed by atoms with Crippen LogP contribution in [0.25, 0.3) is 0 Å². The van der Waals surface area contributed by atoms with Crippen molar-refractivity contribution in [2.24, 2.45) is 0 Å². The number of hydrogen-bond donors (Lipinski definition) is 1. The molecule has 0 aliphatic rings. The molecule has 0 spiro atoms. The van der Waals surface area contributed by atoms with Gasteiger partial charge in [-0.1, -0.05) is 25.4 Å². The molecule has 2 N–H and O–H groups in total. The Balaban J connectivity index is 0.000000561. The normalized spacial score (nSPS) is 8.75. The van der Waals surface area contributed by atoms with E-state index in [9.17, 15) is 0 Å². The Morgan fingerprint density at radius 3 is 2.25 bits per heavy atom. The number of aryl methyl sites for hydroxylation is 1. The van der Waals surface area contributed by atoms with Crippen LogP contribution in [0.3, 0.4) is 0 Å². The zero-order valence-corrected chi connectivity index (χ0v) is 9.83. The summed E-state index contributed by atoms with van der Waals surface area (Å²) < 4.78 is 0.859. The minimum atomic E-state index is 0.707. The molecule has 0 saturated carbocycles. The van der Waals surface area contributed by atoms with E-state index in [1.54, 1.807) is 6.07 Å². The first kappa shape index (κ1) is 11.8. The van der Waals surface area contributed by atoms with E-state index in [4.69, 9.17) is 17.3 Å². The second-order valence-electron chi connectivity index (χ2n) is 2.12. The zero-order valence-electron chi connectivity index (χ0n) is 7.49. The number of halogens is 2. The zero-order chi connectivity index (χ0) is 9.72. The molecule has 1 nitrogen and oxygen atoms in total. The van der Waals surface area contributed by atoms with Gasteiger partial charge >= 0.3 is 0 Å². The van der Waals surface area contributed by atoms with E-state index in [2.05, 4.69) is 15.9 Å². The summed E-state index contributed by atoms with van der Waals surface area (Å²) in [6.45, 7) is 5.92. The highest BCUT2D eigenvalue weighted by atomic mass is 79.9. The molecule has 0 aliphatic heterocycles. The maximum Gasteiger partial charge on any atom is 0.0489 e. The van der Waals surface area contributed by atoms with Gasteiger partial charge < -0.3 is 5.73 Å². The molecule has 3 heteroatoms. The predicted octanol–water partition coefficient (Wildman–Crippen LogP) is 4.02. The van der Waals surface area contributed by atoms with Crippen LogP contribution in [0.15, 0.2) is 16.6 Å². The molecular weight excluding hydrogens is 237 g/mol. The van der Waals surface area contributed by atoms with Crippen LogP contribution in [0.1, 0.15) is 19.4 Å². The SMILES string of the molecule is CC.Cc1cc(Cl)cc(Br)c1N. The molecule has 1 aromatic carbocycles. The van der Waals surface area contributed by atoms with E-state index in [0.717, 1.165) is 15.7 Å². The monoisotopic (exact) mass is 249 g/mol. The predicted molar refractivity (Wildman–Crippen MR) is 59.6 cm³/mol. The third-order valence-electron chi connectivity index (χ3n) is 1.30. The van der Waals surface area contributed by atoms with Crippen LogP contribution >= 0.6 is 27.5 Å². The summed E-state index contributed by atoms with van der Waals surface area (Å²) in [5.41, 5.74) is 7.40. The van der Waals surface area contributed by atoms with E-state index in [1.165, 1.54) is 0 Å². The van der Waals surface area contributed by atoms with Crippen LogP contribution in [-0.4, -0.2) is 0 Å². The fourth-order valence-corrected chi connectivity index (χ4v) is 1.68. The number of anilines is 1. The van der Waals surface area contributed by atoms with Crippen LogP contribution in [0.4, 0.5) is 5.69 Å². The molecule has 0 fully saturated rings. The third-order valence-corrected chi connectivity index (χ3v) is 2.18. The van der Waals surface area contributed by atoms with Crippen molar-refractivity contribution >= 4 is 33.2 Å². The topological polar surface area (TPSA) is 26.0 Å². The Bertz CT molecular complexity index is 238. The summed E-state index contributed by atoms with van der Waals surface area (Å²) in [5, 5.41) is 0.707. The summed E-state index contributed by atoms with van der Waals surface area (Å²) in [7, 11) is 0. The minimum Gasteiger partial charge on any atom is -0.398 e. The van der Waals surface area contributed by atoms with Gasteiger partial charge in [-0.25, -0.2) is 0 Å². The molecule has 0 bridgehead atoms. The first-order chi connectivity index (χ1) is 5.61. The van der Waals surface area contributed by atoms with E-state index in [-0.39, 0.29) is 0 Å². The summed E-state index contributed by atoms with van der Waals surface area (Å²) in [4.78, 5) is 0. The molecule has 0 atom stereocenters. The molecule has 0 radical (unpaired) electrons. The molecule has 1 rings (SSSR count). The summed E-state index contributed by atoms with van der Waals surface area (Å²) in [6, 6.07) is 3.62. The summed E-state index contributed by atoms with van der Waals surface area (Å²) >= 11 is 9.02. The van der Waals surface area contributed by atoms with Crippen molar-refractivity contribution in [3.05, 3.63) is 27.2 Å². The highest BCUT2D eigenvalue weighted by Crippen LogP contribution is 2.26. The summed E-state index contributed by atoms with van der Waals surface area (Å²) in [5.74, 6) is 0. The maximum absolute atomic E-state index is 5.74. The fraction of sp³-hybridized carbons (Fsp3) is 0.333. The van der Waals surface area contributed by atoms with Gasteiger partial charge in [-0.15, -0.1) is 0 Å². The van der Waals surface area contributed by atoms with E-state index >= 15 is 0 Å². The molecule has 0 unspecified atom stereocenters. The Hall–Kier alpha value is -0.210. The lowest BCUT2D eigenvalue weighted by Crippen LogP contribution is -1.89. The van der Waals surface area contributed by atoms with Crippen LogP contribution in [0.2, 0.25) is 5.02 Å². The summed E-state index contributed by atoms with van der Waals surface area (Å²) in [6.07, 6.45) is 0. The van der Waals surface area contributed by atoms with Crippen molar-refractivity contribution in [1.82, 2.24) is 0 Å². The number of benzene rings is 1. The molecular formula is C9H13BrClN. The van der Waals surface area contributed by atoms with Gasteiger partial charge in [-0.2, -0.15) is 0 Å². The second kappa shape index (κ2) is 5.44. The molecule has 12 heavy (non-hydrogen) atoms. The molecule has 0 amide bonds. The van der Waals surface area contributed by atoms with Gasteiger partial charge in [0.15, 0.2) is 0 Å². The van der Waals surface area contributed by atoms with Crippen molar-refractivity contribution in [2.75, 3.05) is 5.73 Å². The van der Waals surface area contributed by atoms with Gasteiger partial charge in [0.2, 0.25) is 0 Å². The highest BCUT2D eigenvalue weighted by molar-refractivity contribution is 9.10. The van der Waals surface area contributed by atoms with Crippen molar-refractivity contribution in [1.29, 1.82) is 0 Å². The Labute approximate surface area is 87.0 Å². The molecule has 0 aliphatic carbocycles. The molecule has 0 heterocycles. The first-order valence-corrected chi connectivity index (χ1v) is 4.99. The van der Waals surface area contributed by atoms with Gasteiger partial charge in [-0.05, 0) is 40.5 Å². The van der Waals surface area contributed by atoms with Crippen molar-refractivity contribution in [3.8, 4) is 0 Å². The Morgan fingerprint density at radius 2 is 1.83 bits per heavy atom. The van der Waals surface area contributed by atoms with Crippen molar-refractivity contribution < 1.29 is 0 Å². The van der Waals surface area contributed by atoms with Gasteiger partial charge in [0, 0.05) is 15.2 Å². The minimum absolute atomic E-state index is 0.707. The molecule has 0 saturated heterocycles. The largest absolute Gasteiger partial charge is 0.398 e. The Kier molecular flexibility index (Phi) is 5.34. The van der Waals surface area contributed by atoms with Crippen LogP contribution in [0, 0.1) is 6.92 Å². The molecule has 0 aromatic heterocycles. The highest BCUT2D eigenvalue weighted by Gasteiger charge is 1.99. The van der Waals surface area contributed by atoms with Crippen LogP contribution < -0.4 is 5.73 Å². The standard InChI is InChI=1S/C7H7BrClN.C2H6/c1-4-2-5(9)3-6(8)7(4)10;1-2/h2-3H,10H2,1H3;1-2H3. The van der Waals surface area contributed by atoms with Crippen LogP contribution in [-0.2, 0) is 0 Å². The first-order valence-electron chi connectivity index (χ1n) is 3.82. The average molecular weight is 251 g/mol. The number of hydrogen-bond acceptors (Lipinski definition) is 1. The van der Waals surface area contributed by atoms with E-state index < -0.39 is 0 Å². The van der Waals surface area contributed by atoms with Crippen molar-refractivity contribution in [3.63, 3.8) is 0 Å². The number of nitrogens with two attached hydrogens (primary N) is 1. The van der Waals surface area contributed by atoms with Gasteiger partial charge in [0.05, 0.1) is 0 Å². The Morgan fingerprint density at radius 1 is 1.33 bits per heavy atom. The molecule has 68 valence electrons. The van der Waals surface area contributed by atoms with Crippen molar-refractivity contribution in [2.45, 2.75) is 20.8 Å². The van der Waals surface area contributed by atoms with Gasteiger partial charge in [0.25, 0.3) is 0 Å². The fourth-order valence-electron chi connectivity index (χ4n) is 0.713. The smallest absolute Gasteiger partial charge is 0.0489 e. The van der Waals surface area contributed by atoms with Gasteiger partial charge in [-0.3, -0.25) is 0 Å². The quantitative estimate of drug-likeness (QED) is 0.692. The lowest BCUT2D eigenvalue weighted by atomic mass is 10.2. The number of nitrogen functional groups attached to an aromatic ring is 1. The second-order valence-corrected chi connectivity index (χ2v) is 3.41. The van der Waals surface area contributed by atoms with E-state index in [0.29, 0.717) is 5.02 Å². The maximum atomic E-state index is 5.74. The van der Waals surface area contributed by atoms with Gasteiger partial charge in [0.1, 0.15) is 0 Å².